The zero-order valence-corrected chi connectivity index (χ0v) is 11.9. The second-order valence-corrected chi connectivity index (χ2v) is 5.91. The number of nitrogens with one attached hydrogen (secondary N) is 2. The Morgan fingerprint density at radius 2 is 1.62 bits per heavy atom. The number of pyridine rings is 1. The molecule has 2 N–H and O–H groups in total. The summed E-state index contributed by atoms with van der Waals surface area (Å²) in [5.74, 6) is 0. The molecule has 0 radical (unpaired) electrons. The van der Waals surface area contributed by atoms with Gasteiger partial charge in [-0.15, -0.1) is 0 Å². The minimum atomic E-state index is -0.0765. The Kier molecular flexibility index (Phi) is 2.82. The number of para-hydroxylation sites is 1. The summed E-state index contributed by atoms with van der Waals surface area (Å²) >= 11 is 1.67. The molecule has 21 heavy (non-hydrogen) atoms. The first-order valence-corrected chi connectivity index (χ1v) is 7.49. The van der Waals surface area contributed by atoms with Crippen LogP contribution in [0.2, 0.25) is 0 Å². The molecule has 2 heterocycles. The van der Waals surface area contributed by atoms with Crippen LogP contribution in [0, 0.1) is 0 Å². The fourth-order valence-electron chi connectivity index (χ4n) is 2.51. The zero-order valence-electron chi connectivity index (χ0n) is 11.1. The van der Waals surface area contributed by atoms with E-state index in [1.807, 2.05) is 48.5 Å². The Hall–Kier alpha value is -2.46. The lowest BCUT2D eigenvalue weighted by atomic mass is 10.1. The van der Waals surface area contributed by atoms with E-state index in [-0.39, 0.29) is 5.56 Å². The van der Waals surface area contributed by atoms with Crippen LogP contribution in [-0.2, 0) is 0 Å². The van der Waals surface area contributed by atoms with Gasteiger partial charge in [0.25, 0.3) is 5.56 Å². The highest BCUT2D eigenvalue weighted by molar-refractivity contribution is 7.99. The summed E-state index contributed by atoms with van der Waals surface area (Å²) in [4.78, 5) is 17.3. The van der Waals surface area contributed by atoms with Gasteiger partial charge in [-0.3, -0.25) is 4.79 Å². The van der Waals surface area contributed by atoms with Gasteiger partial charge >= 0.3 is 0 Å². The van der Waals surface area contributed by atoms with E-state index in [1.165, 1.54) is 0 Å². The van der Waals surface area contributed by atoms with Crippen molar-refractivity contribution in [3.05, 3.63) is 71.1 Å². The molecule has 0 saturated carbocycles. The summed E-state index contributed by atoms with van der Waals surface area (Å²) in [6.45, 7) is 0. The van der Waals surface area contributed by atoms with Gasteiger partial charge in [0.15, 0.2) is 0 Å². The molecule has 3 nitrogen and oxygen atoms in total. The second-order valence-electron chi connectivity index (χ2n) is 4.82. The molecular weight excluding hydrogens is 280 g/mol. The van der Waals surface area contributed by atoms with E-state index < -0.39 is 0 Å². The fourth-order valence-corrected chi connectivity index (χ4v) is 3.49. The first kappa shape index (κ1) is 12.3. The van der Waals surface area contributed by atoms with Crippen molar-refractivity contribution < 1.29 is 0 Å². The Bertz CT molecular complexity index is 871. The van der Waals surface area contributed by atoms with Crippen molar-refractivity contribution in [2.45, 2.75) is 9.79 Å². The highest BCUT2D eigenvalue weighted by Crippen LogP contribution is 2.46. The van der Waals surface area contributed by atoms with E-state index >= 15 is 0 Å². The normalized spacial score (nSPS) is 12.2. The third kappa shape index (κ3) is 2.04. The van der Waals surface area contributed by atoms with E-state index in [4.69, 9.17) is 0 Å². The summed E-state index contributed by atoms with van der Waals surface area (Å²) < 4.78 is 0. The van der Waals surface area contributed by atoms with Gasteiger partial charge in [-0.2, -0.15) is 0 Å². The molecule has 1 aromatic heterocycles. The van der Waals surface area contributed by atoms with E-state index in [0.717, 1.165) is 26.7 Å². The van der Waals surface area contributed by atoms with E-state index in [0.29, 0.717) is 5.56 Å². The number of anilines is 2. The average molecular weight is 292 g/mol. The van der Waals surface area contributed by atoms with Crippen LogP contribution >= 0.6 is 11.8 Å². The van der Waals surface area contributed by atoms with Crippen LogP contribution < -0.4 is 10.9 Å². The van der Waals surface area contributed by atoms with Crippen molar-refractivity contribution in [1.82, 2.24) is 4.98 Å². The molecule has 0 spiro atoms. The highest BCUT2D eigenvalue weighted by Gasteiger charge is 2.21. The van der Waals surface area contributed by atoms with Crippen LogP contribution in [0.25, 0.3) is 11.1 Å². The van der Waals surface area contributed by atoms with Crippen molar-refractivity contribution in [2.24, 2.45) is 0 Å². The maximum absolute atomic E-state index is 12.3. The maximum atomic E-state index is 12.3. The van der Waals surface area contributed by atoms with Crippen LogP contribution in [0.15, 0.2) is 75.4 Å². The summed E-state index contributed by atoms with van der Waals surface area (Å²) in [6, 6.07) is 17.9. The third-order valence-corrected chi connectivity index (χ3v) is 4.60. The summed E-state index contributed by atoms with van der Waals surface area (Å²) in [5.41, 5.74) is 3.46. The predicted octanol–water partition coefficient (Wildman–Crippen LogP) is 4.25. The number of aromatic nitrogens is 1. The van der Waals surface area contributed by atoms with Crippen molar-refractivity contribution in [2.75, 3.05) is 5.32 Å². The minimum absolute atomic E-state index is 0.0765. The smallest absolute Gasteiger partial charge is 0.258 e. The Morgan fingerprint density at radius 3 is 2.48 bits per heavy atom. The first-order valence-electron chi connectivity index (χ1n) is 6.68. The van der Waals surface area contributed by atoms with E-state index in [2.05, 4.69) is 16.4 Å². The molecule has 3 aromatic rings. The number of fused-ring (bicyclic) bond motifs is 2. The van der Waals surface area contributed by atoms with Gasteiger partial charge in [-0.1, -0.05) is 54.2 Å². The monoisotopic (exact) mass is 292 g/mol. The van der Waals surface area contributed by atoms with Gasteiger partial charge in [0.1, 0.15) is 0 Å². The number of aromatic amines is 1. The molecule has 0 fully saturated rings. The largest absolute Gasteiger partial charge is 0.353 e. The molecule has 0 saturated heterocycles. The van der Waals surface area contributed by atoms with Gasteiger partial charge in [-0.05, 0) is 17.7 Å². The molecule has 0 amide bonds. The lowest BCUT2D eigenvalue weighted by molar-refractivity contribution is 1.16. The maximum Gasteiger partial charge on any atom is 0.258 e. The highest BCUT2D eigenvalue weighted by atomic mass is 32.2. The number of benzene rings is 2. The second kappa shape index (κ2) is 4.82. The van der Waals surface area contributed by atoms with E-state index in [9.17, 15) is 4.79 Å². The van der Waals surface area contributed by atoms with Gasteiger partial charge in [0.2, 0.25) is 0 Å². The molecule has 0 unspecified atom stereocenters. The van der Waals surface area contributed by atoms with Gasteiger partial charge < -0.3 is 10.3 Å². The van der Waals surface area contributed by atoms with Crippen molar-refractivity contribution >= 4 is 23.1 Å². The molecule has 0 aliphatic carbocycles. The number of rotatable bonds is 1. The van der Waals surface area contributed by atoms with Gasteiger partial charge in [0, 0.05) is 11.1 Å². The standard InChI is InChI=1S/C17H12N2OS/c20-17-15(11-6-2-1-3-7-11)16-14(10-18-17)21-13-9-5-4-8-12(13)19-16/h1-10,19H,(H,18,20). The van der Waals surface area contributed by atoms with Crippen molar-refractivity contribution in [3.8, 4) is 11.1 Å². The summed E-state index contributed by atoms with van der Waals surface area (Å²) in [5, 5.41) is 3.41. The van der Waals surface area contributed by atoms with Crippen LogP contribution in [0.5, 0.6) is 0 Å². The average Bonchev–Trinajstić information content (AvgIpc) is 2.54. The molecule has 1 aliphatic rings. The van der Waals surface area contributed by atoms with Crippen molar-refractivity contribution in [3.63, 3.8) is 0 Å². The third-order valence-electron chi connectivity index (χ3n) is 3.49. The molecular formula is C17H12N2OS. The molecule has 1 aliphatic heterocycles. The summed E-state index contributed by atoms with van der Waals surface area (Å²) in [7, 11) is 0. The zero-order chi connectivity index (χ0) is 14.2. The van der Waals surface area contributed by atoms with Gasteiger partial charge in [0.05, 0.1) is 21.8 Å². The molecule has 0 atom stereocenters. The quantitative estimate of drug-likeness (QED) is 0.551. The SMILES string of the molecule is O=c1[nH]cc2c(c1-c1ccccc1)Nc1ccccc1S2. The fraction of sp³-hybridized carbons (Fsp3) is 0. The molecule has 4 heteroatoms. The van der Waals surface area contributed by atoms with Crippen LogP contribution in [0.1, 0.15) is 0 Å². The molecule has 102 valence electrons. The summed E-state index contributed by atoms with van der Waals surface area (Å²) in [6.07, 6.45) is 1.78. The number of H-pyrrole nitrogens is 1. The van der Waals surface area contributed by atoms with Crippen LogP contribution in [0.3, 0.4) is 0 Å². The van der Waals surface area contributed by atoms with E-state index in [1.54, 1.807) is 18.0 Å². The predicted molar refractivity (Wildman–Crippen MR) is 86.3 cm³/mol. The molecule has 2 aromatic carbocycles. The molecule has 4 rings (SSSR count). The topological polar surface area (TPSA) is 44.9 Å². The van der Waals surface area contributed by atoms with Crippen molar-refractivity contribution in [1.29, 1.82) is 0 Å². The lowest BCUT2D eigenvalue weighted by Gasteiger charge is -2.22. The number of hydrogen-bond donors (Lipinski definition) is 2. The Morgan fingerprint density at radius 1 is 0.857 bits per heavy atom. The Labute approximate surface area is 126 Å². The number of hydrogen-bond acceptors (Lipinski definition) is 3. The first-order chi connectivity index (χ1) is 10.3. The van der Waals surface area contributed by atoms with Gasteiger partial charge in [-0.25, -0.2) is 0 Å². The van der Waals surface area contributed by atoms with Crippen LogP contribution in [-0.4, -0.2) is 4.98 Å². The molecule has 0 bridgehead atoms. The Balaban J connectivity index is 1.94. The van der Waals surface area contributed by atoms with Crippen LogP contribution in [0.4, 0.5) is 11.4 Å². The minimum Gasteiger partial charge on any atom is -0.353 e. The lowest BCUT2D eigenvalue weighted by Crippen LogP contribution is -2.14.